The van der Waals surface area contributed by atoms with Gasteiger partial charge in [0.2, 0.25) is 0 Å². The van der Waals surface area contributed by atoms with Crippen molar-refractivity contribution in [3.05, 3.63) is 0 Å². The molecule has 0 saturated heterocycles. The number of rotatable bonds is 3. The van der Waals surface area contributed by atoms with Gasteiger partial charge in [0, 0.05) is 0 Å². The SMILES string of the molecule is FCCC[CH2][Sb]. The van der Waals surface area contributed by atoms with Crippen molar-refractivity contribution in [1.82, 2.24) is 0 Å². The summed E-state index contributed by atoms with van der Waals surface area (Å²) in [6.07, 6.45) is 1.82. The van der Waals surface area contributed by atoms with E-state index in [4.69, 9.17) is 0 Å². The number of halogens is 1. The molecule has 0 aromatic heterocycles. The summed E-state index contributed by atoms with van der Waals surface area (Å²) < 4.78 is 12.4. The van der Waals surface area contributed by atoms with E-state index in [1.54, 1.807) is 23.0 Å². The van der Waals surface area contributed by atoms with Crippen molar-refractivity contribution < 1.29 is 4.39 Å². The summed E-state index contributed by atoms with van der Waals surface area (Å²) >= 11 is 1.77. The Bertz CT molecular complexity index is 19.5. The van der Waals surface area contributed by atoms with Crippen molar-refractivity contribution >= 4 is 23.0 Å². The molecule has 0 spiro atoms. The van der Waals surface area contributed by atoms with Gasteiger partial charge in [-0.3, -0.25) is 0 Å². The van der Waals surface area contributed by atoms with E-state index in [1.165, 1.54) is 4.37 Å². The van der Waals surface area contributed by atoms with Crippen LogP contribution in [0, 0.1) is 0 Å². The summed E-state index contributed by atoms with van der Waals surface area (Å²) in [6, 6.07) is 0. The maximum atomic E-state index is 11.2. The summed E-state index contributed by atoms with van der Waals surface area (Å²) in [4.78, 5) is 0. The minimum absolute atomic E-state index is 0.137. The molecule has 0 heterocycles. The molecule has 36 valence electrons. The molecule has 0 aliphatic carbocycles. The van der Waals surface area contributed by atoms with Gasteiger partial charge < -0.3 is 0 Å². The fourth-order valence-corrected chi connectivity index (χ4v) is 0.844. The molecule has 0 aliphatic heterocycles. The van der Waals surface area contributed by atoms with E-state index < -0.39 is 0 Å². The second kappa shape index (κ2) is 5.75. The van der Waals surface area contributed by atoms with E-state index in [-0.39, 0.29) is 6.67 Å². The van der Waals surface area contributed by atoms with Gasteiger partial charge >= 0.3 is 51.3 Å². The predicted molar refractivity (Wildman–Crippen MR) is 25.8 cm³/mol. The minimum atomic E-state index is -0.137. The first-order chi connectivity index (χ1) is 2.91. The summed E-state index contributed by atoms with van der Waals surface area (Å²) in [6.45, 7) is -0.137. The third-order valence-electron chi connectivity index (χ3n) is 0.542. The van der Waals surface area contributed by atoms with E-state index in [2.05, 4.69) is 0 Å². The number of hydrogen-bond donors (Lipinski definition) is 0. The van der Waals surface area contributed by atoms with E-state index in [9.17, 15) is 4.39 Å². The average Bonchev–Trinajstić information content (AvgIpc) is 1.61. The van der Waals surface area contributed by atoms with Crippen molar-refractivity contribution in [3.8, 4) is 0 Å². The topological polar surface area (TPSA) is 0 Å². The van der Waals surface area contributed by atoms with Gasteiger partial charge in [-0.25, -0.2) is 0 Å². The zero-order valence-corrected chi connectivity index (χ0v) is 6.21. The quantitative estimate of drug-likeness (QED) is 0.472. The Morgan fingerprint density at radius 2 is 2.00 bits per heavy atom. The van der Waals surface area contributed by atoms with Gasteiger partial charge in [0.15, 0.2) is 0 Å². The zero-order chi connectivity index (χ0) is 4.83. The van der Waals surface area contributed by atoms with Gasteiger partial charge in [-0.1, -0.05) is 0 Å². The molecule has 0 saturated carbocycles. The molecular weight excluding hydrogens is 189 g/mol. The second-order valence-corrected chi connectivity index (χ2v) is 2.40. The van der Waals surface area contributed by atoms with Crippen molar-refractivity contribution in [3.63, 3.8) is 0 Å². The maximum absolute atomic E-state index is 11.2. The molecule has 0 atom stereocenters. The molecular formula is C4H8FSb. The Hall–Kier alpha value is 0.748. The Kier molecular flexibility index (Phi) is 6.46. The van der Waals surface area contributed by atoms with Crippen LogP contribution in [0.15, 0.2) is 0 Å². The van der Waals surface area contributed by atoms with Crippen LogP contribution < -0.4 is 0 Å². The molecule has 2 radical (unpaired) electrons. The normalized spacial score (nSPS) is 9.00. The Labute approximate surface area is 51.6 Å². The molecule has 0 bridgehead atoms. The van der Waals surface area contributed by atoms with Gasteiger partial charge in [0.1, 0.15) is 0 Å². The van der Waals surface area contributed by atoms with Gasteiger partial charge in [-0.2, -0.15) is 0 Å². The standard InChI is InChI=1S/C4H8F.Sb/c1-2-3-4-5;/h1-4H2;. The Morgan fingerprint density at radius 3 is 2.17 bits per heavy atom. The Morgan fingerprint density at radius 1 is 1.33 bits per heavy atom. The van der Waals surface area contributed by atoms with Crippen LogP contribution in [0.3, 0.4) is 0 Å². The van der Waals surface area contributed by atoms with Crippen LogP contribution in [0.5, 0.6) is 0 Å². The number of hydrogen-bond acceptors (Lipinski definition) is 0. The van der Waals surface area contributed by atoms with Crippen LogP contribution in [-0.4, -0.2) is 29.7 Å². The molecule has 0 aromatic carbocycles. The fourth-order valence-electron chi connectivity index (χ4n) is 0.206. The zero-order valence-electron chi connectivity index (χ0n) is 3.65. The average molecular weight is 197 g/mol. The third-order valence-corrected chi connectivity index (χ3v) is 1.44. The number of unbranched alkanes of at least 4 members (excludes halogenated alkanes) is 1. The van der Waals surface area contributed by atoms with E-state index in [0.29, 0.717) is 0 Å². The first kappa shape index (κ1) is 6.75. The van der Waals surface area contributed by atoms with E-state index in [0.717, 1.165) is 12.8 Å². The van der Waals surface area contributed by atoms with Gasteiger partial charge in [0.25, 0.3) is 0 Å². The van der Waals surface area contributed by atoms with Gasteiger partial charge in [-0.15, -0.1) is 0 Å². The van der Waals surface area contributed by atoms with E-state index >= 15 is 0 Å². The van der Waals surface area contributed by atoms with Crippen LogP contribution in [0.1, 0.15) is 12.8 Å². The molecule has 6 heavy (non-hydrogen) atoms. The fraction of sp³-hybridized carbons (Fsp3) is 1.00. The molecule has 0 amide bonds. The molecule has 0 aromatic rings. The van der Waals surface area contributed by atoms with Crippen LogP contribution in [-0.2, 0) is 0 Å². The van der Waals surface area contributed by atoms with Gasteiger partial charge in [0.05, 0.1) is 0 Å². The van der Waals surface area contributed by atoms with Crippen molar-refractivity contribution in [2.45, 2.75) is 17.2 Å². The van der Waals surface area contributed by atoms with Crippen LogP contribution >= 0.6 is 0 Å². The molecule has 2 heteroatoms. The molecule has 0 fully saturated rings. The summed E-state index contributed by atoms with van der Waals surface area (Å²) in [5, 5.41) is 0. The monoisotopic (exact) mass is 196 g/mol. The molecule has 0 rings (SSSR count). The first-order valence-corrected chi connectivity index (χ1v) is 3.89. The molecule has 0 unspecified atom stereocenters. The molecule has 0 N–H and O–H groups in total. The number of alkyl halides is 1. The molecule has 0 aliphatic rings. The Balaban J connectivity index is 2.34. The third kappa shape index (κ3) is 4.75. The van der Waals surface area contributed by atoms with Crippen molar-refractivity contribution in [2.24, 2.45) is 0 Å². The predicted octanol–water partition coefficient (Wildman–Crippen LogP) is 1.32. The van der Waals surface area contributed by atoms with Crippen LogP contribution in [0.4, 0.5) is 4.39 Å². The summed E-state index contributed by atoms with van der Waals surface area (Å²) in [5.41, 5.74) is 0. The van der Waals surface area contributed by atoms with Crippen molar-refractivity contribution in [2.75, 3.05) is 6.67 Å². The first-order valence-electron chi connectivity index (χ1n) is 2.08. The van der Waals surface area contributed by atoms with Crippen molar-refractivity contribution in [1.29, 1.82) is 0 Å². The summed E-state index contributed by atoms with van der Waals surface area (Å²) in [7, 11) is 0. The van der Waals surface area contributed by atoms with Crippen LogP contribution in [0.25, 0.3) is 0 Å². The van der Waals surface area contributed by atoms with E-state index in [1.807, 2.05) is 0 Å². The second-order valence-electron chi connectivity index (χ2n) is 1.12. The summed E-state index contributed by atoms with van der Waals surface area (Å²) in [5.74, 6) is 0. The van der Waals surface area contributed by atoms with Crippen LogP contribution in [0.2, 0.25) is 4.37 Å². The van der Waals surface area contributed by atoms with Gasteiger partial charge in [-0.05, 0) is 0 Å². The molecule has 0 nitrogen and oxygen atoms in total.